The minimum atomic E-state index is -0.332. The number of nitrogens with zero attached hydrogens (tertiary/aromatic N) is 1. The van der Waals surface area contributed by atoms with Gasteiger partial charge in [-0.25, -0.2) is 4.98 Å². The topological polar surface area (TPSA) is 67.0 Å². The first kappa shape index (κ1) is 21.8. The molecular weight excluding hydrogens is 406 g/mol. The van der Waals surface area contributed by atoms with Crippen LogP contribution in [-0.2, 0) is 22.5 Å². The van der Waals surface area contributed by atoms with Gasteiger partial charge in [0, 0.05) is 23.4 Å². The van der Waals surface area contributed by atoms with Crippen molar-refractivity contribution in [3.8, 4) is 22.5 Å². The van der Waals surface area contributed by atoms with Crippen molar-refractivity contribution >= 4 is 11.8 Å². The van der Waals surface area contributed by atoms with Crippen LogP contribution in [0.15, 0.2) is 53.3 Å². The number of hydrogen-bond donors (Lipinski definition) is 2. The van der Waals surface area contributed by atoms with E-state index in [4.69, 9.17) is 9.72 Å². The quantitative estimate of drug-likeness (QED) is 0.540. The van der Waals surface area contributed by atoms with Gasteiger partial charge in [-0.05, 0) is 49.8 Å². The van der Waals surface area contributed by atoms with Crippen LogP contribution in [0.4, 0.5) is 0 Å². The molecule has 4 rings (SSSR count). The number of nitrogens with one attached hydrogen (secondary N) is 2. The summed E-state index contributed by atoms with van der Waals surface area (Å²) in [6.45, 7) is 5.69. The number of thioether (sulfide) groups is 1. The largest absolute Gasteiger partial charge is 0.370 e. The number of rotatable bonds is 7. The van der Waals surface area contributed by atoms with Crippen molar-refractivity contribution in [2.24, 2.45) is 0 Å². The van der Waals surface area contributed by atoms with Crippen LogP contribution in [0, 0.1) is 0 Å². The number of aromatic nitrogens is 2. The summed E-state index contributed by atoms with van der Waals surface area (Å²) in [4.78, 5) is 20.1. The highest BCUT2D eigenvalue weighted by Gasteiger charge is 2.21. The highest BCUT2D eigenvalue weighted by Crippen LogP contribution is 2.29. The molecule has 5 nitrogen and oxygen atoms in total. The molecule has 6 heteroatoms. The lowest BCUT2D eigenvalue weighted by molar-refractivity contribution is -0.0191. The zero-order valence-electron chi connectivity index (χ0n) is 18.3. The molecule has 31 heavy (non-hydrogen) atoms. The Morgan fingerprint density at radius 2 is 1.71 bits per heavy atom. The van der Waals surface area contributed by atoms with Crippen molar-refractivity contribution < 1.29 is 4.74 Å². The molecule has 1 aliphatic rings. The molecule has 3 aromatic rings. The van der Waals surface area contributed by atoms with Crippen LogP contribution in [-0.4, -0.2) is 35.9 Å². The number of benzene rings is 2. The maximum atomic E-state index is 12.4. The van der Waals surface area contributed by atoms with Crippen LogP contribution in [0.1, 0.15) is 30.7 Å². The summed E-state index contributed by atoms with van der Waals surface area (Å²) in [6, 6.07) is 16.7. The summed E-state index contributed by atoms with van der Waals surface area (Å²) < 4.78 is 6.02. The van der Waals surface area contributed by atoms with E-state index in [1.165, 1.54) is 0 Å². The van der Waals surface area contributed by atoms with Gasteiger partial charge in [0.1, 0.15) is 5.82 Å². The van der Waals surface area contributed by atoms with Crippen molar-refractivity contribution in [2.75, 3.05) is 26.0 Å². The minimum Gasteiger partial charge on any atom is -0.370 e. The van der Waals surface area contributed by atoms with E-state index in [0.29, 0.717) is 12.4 Å². The number of hydrogen-bond acceptors (Lipinski definition) is 5. The zero-order valence-corrected chi connectivity index (χ0v) is 19.1. The maximum Gasteiger partial charge on any atom is 0.255 e. The van der Waals surface area contributed by atoms with Gasteiger partial charge in [-0.1, -0.05) is 48.5 Å². The third-order valence-electron chi connectivity index (χ3n) is 5.72. The van der Waals surface area contributed by atoms with Crippen molar-refractivity contribution in [2.45, 2.75) is 31.6 Å². The summed E-state index contributed by atoms with van der Waals surface area (Å²) in [6.07, 6.45) is 0.858. The second-order valence-electron chi connectivity index (χ2n) is 8.26. The highest BCUT2D eigenvalue weighted by molar-refractivity contribution is 7.98. The number of likely N-dealkylation sites (N-methyl/N-ethyl adjacent to an activating group) is 1. The summed E-state index contributed by atoms with van der Waals surface area (Å²) >= 11 is 1.79. The van der Waals surface area contributed by atoms with Gasteiger partial charge in [0.05, 0.1) is 17.9 Å². The van der Waals surface area contributed by atoms with E-state index in [1.807, 2.05) is 19.2 Å². The lowest BCUT2D eigenvalue weighted by Gasteiger charge is -2.26. The third kappa shape index (κ3) is 4.92. The van der Waals surface area contributed by atoms with Crippen LogP contribution >= 0.6 is 11.8 Å². The standard InChI is InChI=1S/C25H29N3O2S/c1-25(2,30-14-13-26-3)20-10-8-18(9-11-20)17-4-6-19(7-5-17)23-27-22-12-15-31-16-21(22)24(29)28-23/h4-11,26H,12-16H2,1-3H3,(H,27,28,29). The van der Waals surface area contributed by atoms with Crippen LogP contribution < -0.4 is 10.9 Å². The molecular formula is C25H29N3O2S. The van der Waals surface area contributed by atoms with E-state index in [9.17, 15) is 4.79 Å². The fourth-order valence-corrected chi connectivity index (χ4v) is 4.74. The molecule has 0 aliphatic carbocycles. The van der Waals surface area contributed by atoms with Crippen molar-refractivity contribution in [3.05, 3.63) is 75.7 Å². The van der Waals surface area contributed by atoms with Crippen molar-refractivity contribution in [3.63, 3.8) is 0 Å². The molecule has 0 atom stereocenters. The average Bonchev–Trinajstić information content (AvgIpc) is 2.79. The first-order chi connectivity index (χ1) is 15.0. The van der Waals surface area contributed by atoms with Gasteiger partial charge in [-0.3, -0.25) is 4.79 Å². The smallest absolute Gasteiger partial charge is 0.255 e. The normalized spacial score (nSPS) is 13.8. The van der Waals surface area contributed by atoms with Crippen LogP contribution in [0.2, 0.25) is 0 Å². The maximum absolute atomic E-state index is 12.4. The Balaban J connectivity index is 1.52. The van der Waals surface area contributed by atoms with Crippen molar-refractivity contribution in [1.29, 1.82) is 0 Å². The van der Waals surface area contributed by atoms with Crippen LogP contribution in [0.5, 0.6) is 0 Å². The average molecular weight is 436 g/mol. The molecule has 1 aromatic heterocycles. The van der Waals surface area contributed by atoms with Gasteiger partial charge in [-0.15, -0.1) is 0 Å². The summed E-state index contributed by atoms with van der Waals surface area (Å²) in [5, 5.41) is 3.11. The van der Waals surface area contributed by atoms with Gasteiger partial charge in [0.2, 0.25) is 0 Å². The molecule has 0 radical (unpaired) electrons. The molecule has 0 unspecified atom stereocenters. The molecule has 2 N–H and O–H groups in total. The summed E-state index contributed by atoms with van der Waals surface area (Å²) in [5.74, 6) is 2.43. The van der Waals surface area contributed by atoms with E-state index >= 15 is 0 Å². The molecule has 2 aromatic carbocycles. The SMILES string of the molecule is CNCCOC(C)(C)c1ccc(-c2ccc(-c3nc4c(c(=O)[nH]3)CSCC4)cc2)cc1. The van der Waals surface area contributed by atoms with E-state index in [1.54, 1.807) is 11.8 Å². The van der Waals surface area contributed by atoms with E-state index in [-0.39, 0.29) is 11.2 Å². The Hall–Kier alpha value is -2.41. The van der Waals surface area contributed by atoms with Gasteiger partial charge in [0.15, 0.2) is 0 Å². The Morgan fingerprint density at radius 3 is 2.39 bits per heavy atom. The molecule has 0 bridgehead atoms. The zero-order chi connectivity index (χ0) is 21.8. The fraction of sp³-hybridized carbons (Fsp3) is 0.360. The van der Waals surface area contributed by atoms with Gasteiger partial charge < -0.3 is 15.0 Å². The van der Waals surface area contributed by atoms with E-state index in [2.05, 4.69) is 60.5 Å². The molecule has 1 aliphatic heterocycles. The Morgan fingerprint density at radius 1 is 1.06 bits per heavy atom. The van der Waals surface area contributed by atoms with Gasteiger partial charge >= 0.3 is 0 Å². The predicted octanol–water partition coefficient (Wildman–Crippen LogP) is 4.36. The number of fused-ring (bicyclic) bond motifs is 1. The molecule has 0 saturated carbocycles. The first-order valence-corrected chi connectivity index (χ1v) is 11.8. The number of aryl methyl sites for hydroxylation is 1. The molecule has 0 spiro atoms. The van der Waals surface area contributed by atoms with Gasteiger partial charge in [0.25, 0.3) is 5.56 Å². The lowest BCUT2D eigenvalue weighted by atomic mass is 9.95. The number of ether oxygens (including phenoxy) is 1. The van der Waals surface area contributed by atoms with Crippen LogP contribution in [0.3, 0.4) is 0 Å². The summed E-state index contributed by atoms with van der Waals surface area (Å²) in [5.41, 5.74) is 5.78. The number of aromatic amines is 1. The molecule has 0 fully saturated rings. The third-order valence-corrected chi connectivity index (χ3v) is 6.70. The molecule has 2 heterocycles. The Bertz CT molecular complexity index is 1090. The monoisotopic (exact) mass is 435 g/mol. The number of H-pyrrole nitrogens is 1. The Labute approximate surface area is 187 Å². The molecule has 0 saturated heterocycles. The fourth-order valence-electron chi connectivity index (χ4n) is 3.76. The summed E-state index contributed by atoms with van der Waals surface area (Å²) in [7, 11) is 1.93. The molecule has 0 amide bonds. The first-order valence-electron chi connectivity index (χ1n) is 10.7. The molecule has 162 valence electrons. The van der Waals surface area contributed by atoms with Crippen LogP contribution in [0.25, 0.3) is 22.5 Å². The predicted molar refractivity (Wildman–Crippen MR) is 129 cm³/mol. The minimum absolute atomic E-state index is 0.00795. The van der Waals surface area contributed by atoms with Gasteiger partial charge in [-0.2, -0.15) is 11.8 Å². The van der Waals surface area contributed by atoms with Crippen molar-refractivity contribution in [1.82, 2.24) is 15.3 Å². The highest BCUT2D eigenvalue weighted by atomic mass is 32.2. The lowest BCUT2D eigenvalue weighted by Crippen LogP contribution is -2.26. The second kappa shape index (κ2) is 9.39. The van der Waals surface area contributed by atoms with E-state index < -0.39 is 0 Å². The Kier molecular flexibility index (Phi) is 6.60. The second-order valence-corrected chi connectivity index (χ2v) is 9.36. The van der Waals surface area contributed by atoms with E-state index in [0.717, 1.165) is 58.0 Å².